The molecule has 16 heavy (non-hydrogen) atoms. The quantitative estimate of drug-likeness (QED) is 0.543. The van der Waals surface area contributed by atoms with Gasteiger partial charge in [0, 0.05) is 0 Å². The van der Waals surface area contributed by atoms with Gasteiger partial charge in [0.2, 0.25) is 0 Å². The van der Waals surface area contributed by atoms with Crippen molar-refractivity contribution in [1.82, 2.24) is 0 Å². The summed E-state index contributed by atoms with van der Waals surface area (Å²) in [5.41, 5.74) is 2.55. The summed E-state index contributed by atoms with van der Waals surface area (Å²) < 4.78 is 0. The van der Waals surface area contributed by atoms with Gasteiger partial charge < -0.3 is 15.4 Å². The van der Waals surface area contributed by atoms with E-state index in [0.29, 0.717) is 0 Å². The van der Waals surface area contributed by atoms with Crippen molar-refractivity contribution in [3.05, 3.63) is 59.7 Å². The highest BCUT2D eigenvalue weighted by atomic mass is 31.1. The molecule has 3 radical (unpaired) electrons. The molecule has 0 saturated carbocycles. The molecular weight excluding hydrogens is 210 g/mol. The van der Waals surface area contributed by atoms with E-state index >= 15 is 0 Å². The highest BCUT2D eigenvalue weighted by Gasteiger charge is 2.01. The van der Waals surface area contributed by atoms with Gasteiger partial charge in [0.1, 0.15) is 0 Å². The van der Waals surface area contributed by atoms with Crippen LogP contribution in [0, 0.1) is 13.8 Å². The molecule has 0 aliphatic heterocycles. The molecule has 0 unspecified atom stereocenters. The standard InChI is InChI=1S/C14H14BP/c1-11-7-3-5-9-13(11)16(15)14-10-6-4-8-12(14)2/h3-10H,1-2H3/q-1. The molecule has 0 aliphatic rings. The molecule has 79 valence electrons. The molecule has 0 spiro atoms. The van der Waals surface area contributed by atoms with Gasteiger partial charge in [-0.3, -0.25) is 0 Å². The van der Waals surface area contributed by atoms with Crippen LogP contribution in [-0.2, 0) is 0 Å². The molecule has 2 heteroatoms. The first-order valence-corrected chi connectivity index (χ1v) is 6.77. The van der Waals surface area contributed by atoms with Gasteiger partial charge in [0.05, 0.1) is 0 Å². The number of rotatable bonds is 2. The van der Waals surface area contributed by atoms with Gasteiger partial charge in [0.25, 0.3) is 0 Å². The lowest BCUT2D eigenvalue weighted by Crippen LogP contribution is -2.16. The Kier molecular flexibility index (Phi) is 3.46. The van der Waals surface area contributed by atoms with E-state index in [0.717, 1.165) is 0 Å². The van der Waals surface area contributed by atoms with Crippen LogP contribution in [-0.4, -0.2) is 7.57 Å². The minimum atomic E-state index is -0.712. The van der Waals surface area contributed by atoms with Crippen molar-refractivity contribution < 1.29 is 0 Å². The molecule has 0 N–H and O–H groups in total. The van der Waals surface area contributed by atoms with Gasteiger partial charge in [0.15, 0.2) is 0 Å². The van der Waals surface area contributed by atoms with Gasteiger partial charge in [-0.05, 0) is 25.0 Å². The Morgan fingerprint density at radius 3 is 1.50 bits per heavy atom. The monoisotopic (exact) mass is 224 g/mol. The predicted molar refractivity (Wildman–Crippen MR) is 74.3 cm³/mol. The number of benzene rings is 2. The summed E-state index contributed by atoms with van der Waals surface area (Å²) in [5.74, 6) is 0. The Hall–Kier alpha value is -1.07. The van der Waals surface area contributed by atoms with Crippen LogP contribution < -0.4 is 10.6 Å². The van der Waals surface area contributed by atoms with Gasteiger partial charge in [-0.25, -0.2) is 0 Å². The fraction of sp³-hybridized carbons (Fsp3) is 0.143. The molecule has 0 fully saturated rings. The Labute approximate surface area is 99.8 Å². The Bertz CT molecular complexity index is 448. The molecule has 0 atom stereocenters. The van der Waals surface area contributed by atoms with Crippen molar-refractivity contribution in [2.24, 2.45) is 0 Å². The topological polar surface area (TPSA) is 0 Å². The zero-order chi connectivity index (χ0) is 11.5. The van der Waals surface area contributed by atoms with E-state index in [9.17, 15) is 0 Å². The zero-order valence-electron chi connectivity index (χ0n) is 9.64. The van der Waals surface area contributed by atoms with Crippen LogP contribution in [0.4, 0.5) is 0 Å². The van der Waals surface area contributed by atoms with E-state index in [1.807, 2.05) is 0 Å². The van der Waals surface area contributed by atoms with E-state index in [1.165, 1.54) is 21.7 Å². The van der Waals surface area contributed by atoms with Crippen LogP contribution in [0.2, 0.25) is 0 Å². The first-order chi connectivity index (χ1) is 7.70. The molecule has 0 saturated heterocycles. The summed E-state index contributed by atoms with van der Waals surface area (Å²) >= 11 is 0. The summed E-state index contributed by atoms with van der Waals surface area (Å²) in [7, 11) is 5.67. The van der Waals surface area contributed by atoms with Crippen LogP contribution in [0.3, 0.4) is 0 Å². The van der Waals surface area contributed by atoms with Gasteiger partial charge >= 0.3 is 0 Å². The van der Waals surface area contributed by atoms with Crippen molar-refractivity contribution in [2.75, 3.05) is 0 Å². The third-order valence-corrected chi connectivity index (χ3v) is 4.79. The Morgan fingerprint density at radius 1 is 0.750 bits per heavy atom. The van der Waals surface area contributed by atoms with E-state index < -0.39 is 7.80 Å². The molecule has 2 aromatic carbocycles. The second-order valence-corrected chi connectivity index (χ2v) is 5.65. The molecule has 0 bridgehead atoms. The van der Waals surface area contributed by atoms with Crippen LogP contribution in [0.15, 0.2) is 48.5 Å². The SMILES string of the molecule is [B-]P(c1ccccc1C)c1ccccc1C. The first-order valence-electron chi connectivity index (χ1n) is 5.36. The van der Waals surface area contributed by atoms with Crippen molar-refractivity contribution in [1.29, 1.82) is 0 Å². The van der Waals surface area contributed by atoms with E-state index in [1.54, 1.807) is 0 Å². The molecule has 0 aliphatic carbocycles. The van der Waals surface area contributed by atoms with Gasteiger partial charge in [-0.15, -0.1) is 0 Å². The molecule has 0 heterocycles. The molecule has 0 amide bonds. The first kappa shape index (κ1) is 11.4. The minimum Gasteiger partial charge on any atom is -0.567 e. The molecule has 2 rings (SSSR count). The summed E-state index contributed by atoms with van der Waals surface area (Å²) in [4.78, 5) is 0. The third kappa shape index (κ3) is 2.20. The molecular formula is C14H14BP-. The lowest BCUT2D eigenvalue weighted by Gasteiger charge is -2.31. The Morgan fingerprint density at radius 2 is 1.12 bits per heavy atom. The normalized spacial score (nSPS) is 10.8. The van der Waals surface area contributed by atoms with Crippen molar-refractivity contribution >= 4 is 26.0 Å². The minimum absolute atomic E-state index is 0.712. The highest BCUT2D eigenvalue weighted by Crippen LogP contribution is 2.29. The molecule has 0 nitrogen and oxygen atoms in total. The van der Waals surface area contributed by atoms with Gasteiger partial charge in [-0.2, -0.15) is 0 Å². The maximum atomic E-state index is 6.38. The third-order valence-electron chi connectivity index (χ3n) is 2.75. The average Bonchev–Trinajstić information content (AvgIpc) is 2.29. The summed E-state index contributed by atoms with van der Waals surface area (Å²) in [6, 6.07) is 16.7. The predicted octanol–water partition coefficient (Wildman–Crippen LogP) is 2.82. The maximum absolute atomic E-state index is 6.38. The second kappa shape index (κ2) is 4.85. The lowest BCUT2D eigenvalue weighted by atomic mass is 10.2. The average molecular weight is 224 g/mol. The smallest absolute Gasteiger partial charge is 0.0393 e. The van der Waals surface area contributed by atoms with Crippen molar-refractivity contribution in [3.8, 4) is 0 Å². The van der Waals surface area contributed by atoms with Crippen LogP contribution in [0.25, 0.3) is 0 Å². The van der Waals surface area contributed by atoms with E-state index in [-0.39, 0.29) is 0 Å². The number of hydrogen-bond acceptors (Lipinski definition) is 0. The maximum Gasteiger partial charge on any atom is -0.0393 e. The highest BCUT2D eigenvalue weighted by molar-refractivity contribution is 7.94. The summed E-state index contributed by atoms with van der Waals surface area (Å²) in [6.07, 6.45) is 0. The fourth-order valence-electron chi connectivity index (χ4n) is 1.80. The van der Waals surface area contributed by atoms with E-state index in [2.05, 4.69) is 62.4 Å². The summed E-state index contributed by atoms with van der Waals surface area (Å²) in [5, 5.41) is 2.54. The Balaban J connectivity index is 2.44. The number of hydrogen-bond donors (Lipinski definition) is 0. The molecule has 2 aromatic rings. The van der Waals surface area contributed by atoms with Crippen molar-refractivity contribution in [2.45, 2.75) is 13.8 Å². The van der Waals surface area contributed by atoms with E-state index in [4.69, 9.17) is 7.57 Å². The van der Waals surface area contributed by atoms with Crippen molar-refractivity contribution in [3.63, 3.8) is 0 Å². The summed E-state index contributed by atoms with van der Waals surface area (Å²) in [6.45, 7) is 4.24. The lowest BCUT2D eigenvalue weighted by molar-refractivity contribution is 1.51. The second-order valence-electron chi connectivity index (χ2n) is 3.94. The largest absolute Gasteiger partial charge is 0.567 e. The molecule has 0 aromatic heterocycles. The van der Waals surface area contributed by atoms with Gasteiger partial charge in [-0.1, -0.05) is 59.1 Å². The number of aryl methyl sites for hydroxylation is 2. The fourth-order valence-corrected chi connectivity index (χ4v) is 3.46. The van der Waals surface area contributed by atoms with Crippen LogP contribution >= 0.6 is 7.80 Å². The van der Waals surface area contributed by atoms with Crippen LogP contribution in [0.5, 0.6) is 0 Å². The zero-order valence-corrected chi connectivity index (χ0v) is 10.5. The van der Waals surface area contributed by atoms with Crippen LogP contribution in [0.1, 0.15) is 11.1 Å².